The fourth-order valence-corrected chi connectivity index (χ4v) is 1.82. The zero-order valence-corrected chi connectivity index (χ0v) is 9.83. The molecule has 1 aromatic heterocycles. The zero-order chi connectivity index (χ0) is 11.7. The Balaban J connectivity index is 2.81. The molecule has 0 bridgehead atoms. The van der Waals surface area contributed by atoms with E-state index in [9.17, 15) is 0 Å². The Bertz CT molecular complexity index is 516. The molecule has 2 aromatic rings. The van der Waals surface area contributed by atoms with Crippen molar-refractivity contribution in [1.82, 2.24) is 4.98 Å². The number of methoxy groups -OCH3 is 3. The molecule has 0 N–H and O–H groups in total. The molecule has 0 radical (unpaired) electrons. The van der Waals surface area contributed by atoms with Crippen LogP contribution in [-0.4, -0.2) is 21.3 Å². The smallest absolute Gasteiger partial charge is 0.201 e. The number of hydrogen-bond acceptors (Lipinski definition) is 3. The number of benzene rings is 1. The highest BCUT2D eigenvalue weighted by atomic mass is 16.5. The van der Waals surface area contributed by atoms with Crippen molar-refractivity contribution in [3.05, 3.63) is 17.8 Å². The Hall–Kier alpha value is -1.84. The summed E-state index contributed by atoms with van der Waals surface area (Å²) in [6.07, 6.45) is 0. The molecule has 0 fully saturated rings. The van der Waals surface area contributed by atoms with Gasteiger partial charge in [0.25, 0.3) is 0 Å². The van der Waals surface area contributed by atoms with Crippen molar-refractivity contribution in [3.8, 4) is 17.2 Å². The predicted octanol–water partition coefficient (Wildman–Crippen LogP) is 2.13. The fraction of sp³-hybridized carbons (Fsp3) is 0.333. The second kappa shape index (κ2) is 3.96. The molecule has 0 saturated carbocycles. The van der Waals surface area contributed by atoms with Gasteiger partial charge in [0.15, 0.2) is 11.5 Å². The van der Waals surface area contributed by atoms with Crippen LogP contribution < -0.4 is 19.2 Å². The van der Waals surface area contributed by atoms with Crippen molar-refractivity contribution >= 4 is 10.9 Å². The fourth-order valence-electron chi connectivity index (χ4n) is 1.82. The van der Waals surface area contributed by atoms with E-state index in [1.165, 1.54) is 0 Å². The van der Waals surface area contributed by atoms with Crippen LogP contribution in [-0.2, 0) is 0 Å². The third-order valence-corrected chi connectivity index (χ3v) is 2.49. The molecule has 0 aliphatic rings. The van der Waals surface area contributed by atoms with Gasteiger partial charge in [-0.05, 0) is 11.5 Å². The van der Waals surface area contributed by atoms with Crippen LogP contribution in [0.2, 0.25) is 0 Å². The van der Waals surface area contributed by atoms with Crippen molar-refractivity contribution in [2.45, 2.75) is 6.92 Å². The summed E-state index contributed by atoms with van der Waals surface area (Å²) in [7, 11) is 4.79. The van der Waals surface area contributed by atoms with Crippen LogP contribution in [0.1, 0.15) is 5.69 Å². The summed E-state index contributed by atoms with van der Waals surface area (Å²) < 4.78 is 15.9. The molecule has 86 valence electrons. The van der Waals surface area contributed by atoms with Crippen LogP contribution in [0.3, 0.4) is 0 Å². The monoisotopic (exact) mass is 220 g/mol. The highest BCUT2D eigenvalue weighted by molar-refractivity contribution is 5.91. The lowest BCUT2D eigenvalue weighted by molar-refractivity contribution is 0.327. The minimum Gasteiger partial charge on any atom is -0.658 e. The van der Waals surface area contributed by atoms with Gasteiger partial charge in [-0.2, -0.15) is 5.69 Å². The number of rotatable bonds is 3. The molecule has 0 unspecified atom stereocenters. The third kappa shape index (κ3) is 1.46. The van der Waals surface area contributed by atoms with Gasteiger partial charge >= 0.3 is 0 Å². The maximum Gasteiger partial charge on any atom is 0.201 e. The number of aryl methyl sites for hydroxylation is 1. The molecule has 0 amide bonds. The van der Waals surface area contributed by atoms with Crippen molar-refractivity contribution in [2.24, 2.45) is 0 Å². The van der Waals surface area contributed by atoms with Gasteiger partial charge in [-0.3, -0.25) is 0 Å². The number of aromatic nitrogens is 1. The first-order valence-electron chi connectivity index (χ1n) is 4.94. The zero-order valence-electron chi connectivity index (χ0n) is 9.83. The summed E-state index contributed by atoms with van der Waals surface area (Å²) in [5.41, 5.74) is 1.75. The van der Waals surface area contributed by atoms with E-state index in [2.05, 4.69) is 4.98 Å². The predicted molar refractivity (Wildman–Crippen MR) is 61.7 cm³/mol. The van der Waals surface area contributed by atoms with Crippen LogP contribution in [0, 0.1) is 6.92 Å². The highest BCUT2D eigenvalue weighted by Gasteiger charge is 2.12. The van der Waals surface area contributed by atoms with Gasteiger partial charge < -0.3 is 19.2 Å². The van der Waals surface area contributed by atoms with E-state index >= 15 is 0 Å². The second-order valence-electron chi connectivity index (χ2n) is 3.48. The third-order valence-electron chi connectivity index (χ3n) is 2.49. The number of hydrogen-bond donors (Lipinski definition) is 0. The summed E-state index contributed by atoms with van der Waals surface area (Å²) in [6, 6.07) is 3.89. The van der Waals surface area contributed by atoms with Crippen molar-refractivity contribution in [2.75, 3.05) is 21.3 Å². The molecule has 2 rings (SSSR count). The molecular weight excluding hydrogens is 206 g/mol. The van der Waals surface area contributed by atoms with Gasteiger partial charge in [0.05, 0.1) is 21.3 Å². The van der Waals surface area contributed by atoms with E-state index in [1.54, 1.807) is 21.3 Å². The summed E-state index contributed by atoms with van der Waals surface area (Å²) >= 11 is 0. The second-order valence-corrected chi connectivity index (χ2v) is 3.48. The molecule has 0 aliphatic carbocycles. The van der Waals surface area contributed by atoms with Gasteiger partial charge in [0.2, 0.25) is 5.75 Å². The summed E-state index contributed by atoms with van der Waals surface area (Å²) in [5.74, 6) is 1.85. The van der Waals surface area contributed by atoms with Gasteiger partial charge in [-0.25, -0.2) is 0 Å². The van der Waals surface area contributed by atoms with Crippen LogP contribution in [0.4, 0.5) is 0 Å². The standard InChI is InChI=1S/C12H14NO3/c1-7-5-8-6-9(14-2)11(15-3)12(16-4)10(8)13-7/h5-6H,1-4H3/q-1. The normalized spacial score (nSPS) is 10.5. The molecule has 0 saturated heterocycles. The Morgan fingerprint density at radius 1 is 0.938 bits per heavy atom. The van der Waals surface area contributed by atoms with Crippen LogP contribution in [0.5, 0.6) is 17.2 Å². The molecule has 0 spiro atoms. The van der Waals surface area contributed by atoms with Crippen LogP contribution in [0.15, 0.2) is 12.1 Å². The van der Waals surface area contributed by atoms with Crippen LogP contribution >= 0.6 is 0 Å². The Morgan fingerprint density at radius 2 is 1.62 bits per heavy atom. The molecule has 1 aromatic carbocycles. The lowest BCUT2D eigenvalue weighted by atomic mass is 10.2. The SMILES string of the molecule is COc1cc2cc(C)[n-]c2c(OC)c1OC. The lowest BCUT2D eigenvalue weighted by Crippen LogP contribution is -1.95. The van der Waals surface area contributed by atoms with Crippen molar-refractivity contribution < 1.29 is 14.2 Å². The molecule has 0 aliphatic heterocycles. The quantitative estimate of drug-likeness (QED) is 0.794. The number of fused-ring (bicyclic) bond motifs is 1. The molecule has 4 nitrogen and oxygen atoms in total. The molecule has 1 heterocycles. The van der Waals surface area contributed by atoms with Gasteiger partial charge in [-0.1, -0.05) is 18.5 Å². The summed E-state index contributed by atoms with van der Waals surface area (Å²) in [5, 5.41) is 0.993. The topological polar surface area (TPSA) is 41.8 Å². The molecule has 0 atom stereocenters. The van der Waals surface area contributed by atoms with E-state index in [4.69, 9.17) is 14.2 Å². The maximum absolute atomic E-state index is 5.34. The van der Waals surface area contributed by atoms with E-state index in [-0.39, 0.29) is 0 Å². The van der Waals surface area contributed by atoms with Gasteiger partial charge in [-0.15, -0.1) is 0 Å². The molecular formula is C12H14NO3-. The van der Waals surface area contributed by atoms with E-state index < -0.39 is 0 Å². The Labute approximate surface area is 94.1 Å². The van der Waals surface area contributed by atoms with Gasteiger partial charge in [0, 0.05) is 0 Å². The number of ether oxygens (including phenoxy) is 3. The molecule has 16 heavy (non-hydrogen) atoms. The van der Waals surface area contributed by atoms with E-state index in [1.807, 2.05) is 19.1 Å². The van der Waals surface area contributed by atoms with E-state index in [0.717, 1.165) is 16.6 Å². The highest BCUT2D eigenvalue weighted by Crippen LogP contribution is 2.42. The Kier molecular flexibility index (Phi) is 2.64. The average Bonchev–Trinajstić information content (AvgIpc) is 2.66. The minimum absolute atomic E-state index is 0.579. The maximum atomic E-state index is 5.34. The summed E-state index contributed by atoms with van der Waals surface area (Å²) in [6.45, 7) is 1.94. The van der Waals surface area contributed by atoms with E-state index in [0.29, 0.717) is 17.2 Å². The Morgan fingerprint density at radius 3 is 2.19 bits per heavy atom. The minimum atomic E-state index is 0.579. The first-order chi connectivity index (χ1) is 7.71. The van der Waals surface area contributed by atoms with Crippen molar-refractivity contribution in [1.29, 1.82) is 0 Å². The summed E-state index contributed by atoms with van der Waals surface area (Å²) in [4.78, 5) is 4.41. The first kappa shape index (κ1) is 10.7. The van der Waals surface area contributed by atoms with Gasteiger partial charge in [0.1, 0.15) is 0 Å². The van der Waals surface area contributed by atoms with Crippen LogP contribution in [0.25, 0.3) is 10.9 Å². The van der Waals surface area contributed by atoms with Crippen molar-refractivity contribution in [3.63, 3.8) is 0 Å². The first-order valence-corrected chi connectivity index (χ1v) is 4.94. The molecule has 4 heteroatoms. The largest absolute Gasteiger partial charge is 0.658 e. The number of nitrogens with zero attached hydrogens (tertiary/aromatic N) is 1. The lowest BCUT2D eigenvalue weighted by Gasteiger charge is -2.16. The average molecular weight is 220 g/mol.